The highest BCUT2D eigenvalue weighted by molar-refractivity contribution is 6.12. The van der Waals surface area contributed by atoms with Crippen molar-refractivity contribution in [1.82, 2.24) is 0 Å². The number of rotatable bonds is 8. The zero-order valence-corrected chi connectivity index (χ0v) is 16.0. The van der Waals surface area contributed by atoms with E-state index in [1.807, 2.05) is 62.4 Å². The summed E-state index contributed by atoms with van der Waals surface area (Å²) in [5, 5.41) is 17.6. The molecule has 0 saturated heterocycles. The van der Waals surface area contributed by atoms with Gasteiger partial charge in [0.05, 0.1) is 0 Å². The number of hydrogen-bond acceptors (Lipinski definition) is 3. The average Bonchev–Trinajstić information content (AvgIpc) is 2.60. The predicted octanol–water partition coefficient (Wildman–Crippen LogP) is 4.31. The highest BCUT2D eigenvalue weighted by Gasteiger charge is 2.14. The monoisotopic (exact) mass is 367 g/mol. The Bertz CT molecular complexity index is 806. The number of nitrogens with zero attached hydrogens (tertiary/aromatic N) is 1. The minimum absolute atomic E-state index is 0.668. The van der Waals surface area contributed by atoms with E-state index in [1.165, 1.54) is 6.08 Å². The van der Waals surface area contributed by atoms with Crippen LogP contribution in [0.5, 0.6) is 0 Å². The largest absolute Gasteiger partial charge is 0.477 e. The summed E-state index contributed by atoms with van der Waals surface area (Å²) >= 11 is 0. The molecule has 0 bridgehead atoms. The van der Waals surface area contributed by atoms with Gasteiger partial charge in [-0.1, -0.05) is 59.7 Å². The van der Waals surface area contributed by atoms with Crippen molar-refractivity contribution in [1.29, 1.82) is 0 Å². The third kappa shape index (κ3) is 8.05. The van der Waals surface area contributed by atoms with Crippen molar-refractivity contribution in [2.75, 3.05) is 19.0 Å². The SMILES string of the molecule is CC(C=CC(C)=CC=C(C(=O)O)C(=O)O)=CC=Cc1ccc(N(C)C)cc1. The maximum Gasteiger partial charge on any atom is 0.343 e. The Morgan fingerprint density at radius 1 is 0.852 bits per heavy atom. The molecule has 0 radical (unpaired) electrons. The van der Waals surface area contributed by atoms with E-state index in [-0.39, 0.29) is 0 Å². The molecule has 2 N–H and O–H groups in total. The predicted molar refractivity (Wildman–Crippen MR) is 110 cm³/mol. The lowest BCUT2D eigenvalue weighted by Crippen LogP contribution is -2.10. The van der Waals surface area contributed by atoms with Crippen molar-refractivity contribution in [3.05, 3.63) is 83.0 Å². The summed E-state index contributed by atoms with van der Waals surface area (Å²) in [6.45, 7) is 3.71. The summed E-state index contributed by atoms with van der Waals surface area (Å²) in [5.41, 5.74) is 3.32. The van der Waals surface area contributed by atoms with E-state index < -0.39 is 17.5 Å². The molecule has 1 rings (SSSR count). The molecule has 0 fully saturated rings. The van der Waals surface area contributed by atoms with Crippen LogP contribution in [0.25, 0.3) is 6.08 Å². The lowest BCUT2D eigenvalue weighted by Gasteiger charge is -2.11. The Hall–Kier alpha value is -3.34. The molecular formula is C22H25NO4. The van der Waals surface area contributed by atoms with E-state index in [0.29, 0.717) is 0 Å². The number of carboxylic acids is 2. The molecule has 1 aromatic carbocycles. The van der Waals surface area contributed by atoms with Gasteiger partial charge in [0.2, 0.25) is 0 Å². The van der Waals surface area contributed by atoms with E-state index in [9.17, 15) is 9.59 Å². The summed E-state index contributed by atoms with van der Waals surface area (Å²) in [7, 11) is 4.00. The van der Waals surface area contributed by atoms with Gasteiger partial charge < -0.3 is 15.1 Å². The number of allylic oxidation sites excluding steroid dienone is 8. The Morgan fingerprint density at radius 3 is 1.85 bits per heavy atom. The molecule has 142 valence electrons. The van der Waals surface area contributed by atoms with E-state index in [0.717, 1.165) is 28.5 Å². The molecule has 0 heterocycles. The molecule has 0 aliphatic heterocycles. The minimum atomic E-state index is -1.46. The molecule has 0 aliphatic carbocycles. The highest BCUT2D eigenvalue weighted by atomic mass is 16.4. The average molecular weight is 367 g/mol. The van der Waals surface area contributed by atoms with Gasteiger partial charge in [-0.3, -0.25) is 0 Å². The number of aliphatic carboxylic acids is 2. The van der Waals surface area contributed by atoms with Crippen LogP contribution in [0.15, 0.2) is 77.4 Å². The third-order valence-corrected chi connectivity index (χ3v) is 3.64. The molecule has 0 atom stereocenters. The number of carboxylic acid groups (broad SMARTS) is 2. The molecule has 5 heteroatoms. The lowest BCUT2D eigenvalue weighted by atomic mass is 10.1. The molecule has 0 unspecified atom stereocenters. The van der Waals surface area contributed by atoms with Gasteiger partial charge in [0.1, 0.15) is 5.57 Å². The molecule has 0 spiro atoms. The Kier molecular flexibility index (Phi) is 8.53. The summed E-state index contributed by atoms with van der Waals surface area (Å²) in [6.07, 6.45) is 12.1. The molecule has 0 aromatic heterocycles. The number of carbonyl (C=O) groups is 2. The van der Waals surface area contributed by atoms with Gasteiger partial charge in [0, 0.05) is 19.8 Å². The van der Waals surface area contributed by atoms with Crippen molar-refractivity contribution >= 4 is 23.7 Å². The van der Waals surface area contributed by atoms with E-state index >= 15 is 0 Å². The highest BCUT2D eigenvalue weighted by Crippen LogP contribution is 2.13. The summed E-state index contributed by atoms with van der Waals surface area (Å²) in [5.74, 6) is -2.93. The Labute approximate surface area is 159 Å². The van der Waals surface area contributed by atoms with Crippen LogP contribution in [0, 0.1) is 0 Å². The van der Waals surface area contributed by atoms with Crippen LogP contribution in [0.2, 0.25) is 0 Å². The van der Waals surface area contributed by atoms with Crippen molar-refractivity contribution in [2.24, 2.45) is 0 Å². The van der Waals surface area contributed by atoms with Crippen LogP contribution in [-0.2, 0) is 9.59 Å². The second-order valence-corrected chi connectivity index (χ2v) is 6.19. The maximum atomic E-state index is 10.8. The molecule has 0 aliphatic rings. The fourth-order valence-corrected chi connectivity index (χ4v) is 2.02. The molecule has 5 nitrogen and oxygen atoms in total. The smallest absolute Gasteiger partial charge is 0.343 e. The first-order valence-corrected chi connectivity index (χ1v) is 8.36. The summed E-state index contributed by atoms with van der Waals surface area (Å²) in [6, 6.07) is 8.21. The van der Waals surface area contributed by atoms with Gasteiger partial charge in [-0.25, -0.2) is 9.59 Å². The van der Waals surface area contributed by atoms with Gasteiger partial charge in [-0.05, 0) is 37.6 Å². The standard InChI is InChI=1S/C22H25NO4/c1-16(6-5-7-18-11-13-19(14-12-18)23(3)4)8-9-17(2)10-15-20(21(24)25)22(26)27/h5-15H,1-4H3,(H,24,25)(H,26,27). The summed E-state index contributed by atoms with van der Waals surface area (Å²) in [4.78, 5) is 23.6. The van der Waals surface area contributed by atoms with Crippen molar-refractivity contribution < 1.29 is 19.8 Å². The first-order chi connectivity index (χ1) is 12.7. The number of benzene rings is 1. The van der Waals surface area contributed by atoms with Gasteiger partial charge in [-0.2, -0.15) is 0 Å². The second-order valence-electron chi connectivity index (χ2n) is 6.19. The molecule has 27 heavy (non-hydrogen) atoms. The van der Waals surface area contributed by atoms with Crippen LogP contribution < -0.4 is 4.90 Å². The second kappa shape index (κ2) is 10.6. The molecule has 1 aromatic rings. The van der Waals surface area contributed by atoms with Gasteiger partial charge in [-0.15, -0.1) is 0 Å². The van der Waals surface area contributed by atoms with Crippen LogP contribution in [0.3, 0.4) is 0 Å². The number of anilines is 1. The van der Waals surface area contributed by atoms with Crippen LogP contribution in [0.1, 0.15) is 19.4 Å². The van der Waals surface area contributed by atoms with Crippen molar-refractivity contribution in [3.63, 3.8) is 0 Å². The Morgan fingerprint density at radius 2 is 1.37 bits per heavy atom. The van der Waals surface area contributed by atoms with Gasteiger partial charge in [0.25, 0.3) is 0 Å². The minimum Gasteiger partial charge on any atom is -0.477 e. The lowest BCUT2D eigenvalue weighted by molar-refractivity contribution is -0.140. The number of hydrogen-bond donors (Lipinski definition) is 2. The van der Waals surface area contributed by atoms with Crippen LogP contribution in [0.4, 0.5) is 5.69 Å². The zero-order valence-electron chi connectivity index (χ0n) is 16.0. The Balaban J connectivity index is 2.74. The summed E-state index contributed by atoms with van der Waals surface area (Å²) < 4.78 is 0. The van der Waals surface area contributed by atoms with Gasteiger partial charge in [0.15, 0.2) is 0 Å². The van der Waals surface area contributed by atoms with Crippen LogP contribution >= 0.6 is 0 Å². The normalized spacial score (nSPS) is 12.4. The van der Waals surface area contributed by atoms with E-state index in [2.05, 4.69) is 12.1 Å². The van der Waals surface area contributed by atoms with Crippen molar-refractivity contribution in [3.8, 4) is 0 Å². The van der Waals surface area contributed by atoms with E-state index in [4.69, 9.17) is 10.2 Å². The van der Waals surface area contributed by atoms with Crippen molar-refractivity contribution in [2.45, 2.75) is 13.8 Å². The quantitative estimate of drug-likeness (QED) is 0.310. The third-order valence-electron chi connectivity index (χ3n) is 3.64. The van der Waals surface area contributed by atoms with Gasteiger partial charge >= 0.3 is 11.9 Å². The zero-order chi connectivity index (χ0) is 20.4. The van der Waals surface area contributed by atoms with Crippen LogP contribution in [-0.4, -0.2) is 36.2 Å². The molecule has 0 amide bonds. The fraction of sp³-hybridized carbons (Fsp3) is 0.182. The van der Waals surface area contributed by atoms with E-state index in [1.54, 1.807) is 13.0 Å². The first-order valence-electron chi connectivity index (χ1n) is 8.36. The molecule has 0 saturated carbocycles. The first kappa shape index (κ1) is 21.7. The molecular weight excluding hydrogens is 342 g/mol. The topological polar surface area (TPSA) is 77.8 Å². The maximum absolute atomic E-state index is 10.8. The fourth-order valence-electron chi connectivity index (χ4n) is 2.02.